The third-order valence-corrected chi connectivity index (χ3v) is 5.36. The first-order valence-electron chi connectivity index (χ1n) is 7.30. The lowest BCUT2D eigenvalue weighted by Gasteiger charge is -2.20. The van der Waals surface area contributed by atoms with E-state index in [1.807, 2.05) is 24.3 Å². The van der Waals surface area contributed by atoms with Gasteiger partial charge in [-0.2, -0.15) is 0 Å². The zero-order valence-electron chi connectivity index (χ0n) is 12.2. The number of hydrogen-bond acceptors (Lipinski definition) is 5. The first-order chi connectivity index (χ1) is 10.2. The Labute approximate surface area is 137 Å². The van der Waals surface area contributed by atoms with Gasteiger partial charge in [-0.3, -0.25) is 9.80 Å². The molecule has 0 saturated carbocycles. The van der Waals surface area contributed by atoms with Crippen molar-refractivity contribution in [1.29, 1.82) is 0 Å². The van der Waals surface area contributed by atoms with Crippen LogP contribution in [0, 0.1) is 6.92 Å². The van der Waals surface area contributed by atoms with Gasteiger partial charge in [-0.1, -0.05) is 5.16 Å². The van der Waals surface area contributed by atoms with Crippen molar-refractivity contribution in [3.8, 4) is 0 Å². The van der Waals surface area contributed by atoms with Gasteiger partial charge < -0.3 is 4.52 Å². The van der Waals surface area contributed by atoms with Crippen molar-refractivity contribution in [2.75, 3.05) is 26.2 Å². The minimum absolute atomic E-state index is 0.893. The minimum Gasteiger partial charge on any atom is -0.361 e. The lowest BCUT2D eigenvalue weighted by atomic mass is 10.3. The van der Waals surface area contributed by atoms with E-state index in [4.69, 9.17) is 4.52 Å². The predicted octanol–water partition coefficient (Wildman–Crippen LogP) is 3.51. The van der Waals surface area contributed by atoms with Crippen LogP contribution in [0.1, 0.15) is 22.8 Å². The van der Waals surface area contributed by atoms with Crippen LogP contribution in [-0.2, 0) is 13.1 Å². The standard InChI is InChI=1S/C15H20BrN3OS/c1-12-9-13(17-20-12)10-18-5-2-6-19(8-7-18)11-14-3-4-15(16)21-14/h3-4,9H,2,5-8,10-11H2,1H3. The van der Waals surface area contributed by atoms with E-state index in [-0.39, 0.29) is 0 Å². The second kappa shape index (κ2) is 7.05. The van der Waals surface area contributed by atoms with E-state index in [0.29, 0.717) is 0 Å². The van der Waals surface area contributed by atoms with Crippen molar-refractivity contribution in [2.45, 2.75) is 26.4 Å². The zero-order valence-corrected chi connectivity index (χ0v) is 14.6. The topological polar surface area (TPSA) is 32.5 Å². The molecule has 0 aromatic carbocycles. The van der Waals surface area contributed by atoms with Gasteiger partial charge in [-0.25, -0.2) is 0 Å². The number of halogens is 1. The van der Waals surface area contributed by atoms with Crippen molar-refractivity contribution in [2.24, 2.45) is 0 Å². The Balaban J connectivity index is 1.51. The smallest absolute Gasteiger partial charge is 0.133 e. The fourth-order valence-corrected chi connectivity index (χ4v) is 4.24. The molecule has 0 aliphatic carbocycles. The van der Waals surface area contributed by atoms with Crippen LogP contribution in [0.2, 0.25) is 0 Å². The molecular weight excluding hydrogens is 350 g/mol. The summed E-state index contributed by atoms with van der Waals surface area (Å²) in [5, 5.41) is 4.10. The van der Waals surface area contributed by atoms with E-state index < -0.39 is 0 Å². The fourth-order valence-electron chi connectivity index (χ4n) is 2.72. The van der Waals surface area contributed by atoms with Crippen LogP contribution in [-0.4, -0.2) is 41.1 Å². The third kappa shape index (κ3) is 4.39. The third-order valence-electron chi connectivity index (χ3n) is 3.75. The van der Waals surface area contributed by atoms with E-state index >= 15 is 0 Å². The van der Waals surface area contributed by atoms with Gasteiger partial charge in [-0.15, -0.1) is 11.3 Å². The highest BCUT2D eigenvalue weighted by Crippen LogP contribution is 2.23. The monoisotopic (exact) mass is 369 g/mol. The van der Waals surface area contributed by atoms with Gasteiger partial charge in [0.05, 0.1) is 9.48 Å². The Hall–Kier alpha value is -0.690. The SMILES string of the molecule is Cc1cc(CN2CCCN(Cc3ccc(Br)s3)CC2)no1. The normalized spacial score (nSPS) is 18.0. The predicted molar refractivity (Wildman–Crippen MR) is 88.4 cm³/mol. The molecule has 0 spiro atoms. The summed E-state index contributed by atoms with van der Waals surface area (Å²) in [6.07, 6.45) is 1.21. The highest BCUT2D eigenvalue weighted by atomic mass is 79.9. The summed E-state index contributed by atoms with van der Waals surface area (Å²) in [7, 11) is 0. The molecule has 0 amide bonds. The molecule has 21 heavy (non-hydrogen) atoms. The number of hydrogen-bond donors (Lipinski definition) is 0. The quantitative estimate of drug-likeness (QED) is 0.825. The van der Waals surface area contributed by atoms with E-state index in [2.05, 4.69) is 43.0 Å². The molecule has 4 nitrogen and oxygen atoms in total. The van der Waals surface area contributed by atoms with E-state index in [9.17, 15) is 0 Å². The Kier molecular flexibility index (Phi) is 5.11. The Morgan fingerprint density at radius 3 is 2.57 bits per heavy atom. The summed E-state index contributed by atoms with van der Waals surface area (Å²) < 4.78 is 6.37. The van der Waals surface area contributed by atoms with Crippen LogP contribution in [0.3, 0.4) is 0 Å². The summed E-state index contributed by atoms with van der Waals surface area (Å²) >= 11 is 5.37. The molecule has 114 valence electrons. The van der Waals surface area contributed by atoms with Crippen LogP contribution in [0.25, 0.3) is 0 Å². The lowest BCUT2D eigenvalue weighted by molar-refractivity contribution is 0.243. The Bertz CT molecular complexity index is 533. The van der Waals surface area contributed by atoms with Gasteiger partial charge >= 0.3 is 0 Å². The summed E-state index contributed by atoms with van der Waals surface area (Å²) in [4.78, 5) is 6.45. The van der Waals surface area contributed by atoms with E-state index in [1.165, 1.54) is 21.6 Å². The number of aromatic nitrogens is 1. The molecule has 0 atom stereocenters. The van der Waals surface area contributed by atoms with Gasteiger partial charge in [0.2, 0.25) is 0 Å². The average molecular weight is 370 g/mol. The molecule has 0 radical (unpaired) electrons. The Morgan fingerprint density at radius 2 is 1.95 bits per heavy atom. The molecule has 1 fully saturated rings. The number of thiophene rings is 1. The maximum absolute atomic E-state index is 5.15. The zero-order chi connectivity index (χ0) is 14.7. The van der Waals surface area contributed by atoms with Gasteiger partial charge in [-0.05, 0) is 54.5 Å². The molecule has 2 aromatic rings. The first-order valence-corrected chi connectivity index (χ1v) is 8.91. The highest BCUT2D eigenvalue weighted by molar-refractivity contribution is 9.11. The fraction of sp³-hybridized carbons (Fsp3) is 0.533. The average Bonchev–Trinajstić information content (AvgIpc) is 2.96. The summed E-state index contributed by atoms with van der Waals surface area (Å²) in [5.41, 5.74) is 1.04. The highest BCUT2D eigenvalue weighted by Gasteiger charge is 2.16. The van der Waals surface area contributed by atoms with E-state index in [0.717, 1.165) is 44.2 Å². The molecule has 1 aliphatic heterocycles. The van der Waals surface area contributed by atoms with Gasteiger partial charge in [0, 0.05) is 37.1 Å². The molecule has 1 aliphatic rings. The summed E-state index contributed by atoms with van der Waals surface area (Å²) in [6.45, 7) is 8.42. The van der Waals surface area contributed by atoms with Crippen LogP contribution >= 0.6 is 27.3 Å². The molecular formula is C15H20BrN3OS. The van der Waals surface area contributed by atoms with Crippen LogP contribution in [0.15, 0.2) is 26.5 Å². The molecule has 0 unspecified atom stereocenters. The van der Waals surface area contributed by atoms with E-state index in [1.54, 1.807) is 0 Å². The maximum Gasteiger partial charge on any atom is 0.133 e. The lowest BCUT2D eigenvalue weighted by Crippen LogP contribution is -2.30. The van der Waals surface area contributed by atoms with Crippen molar-refractivity contribution in [3.05, 3.63) is 38.3 Å². The van der Waals surface area contributed by atoms with Crippen molar-refractivity contribution < 1.29 is 4.52 Å². The maximum atomic E-state index is 5.15. The second-order valence-electron chi connectivity index (χ2n) is 5.54. The molecule has 3 rings (SSSR count). The summed E-state index contributed by atoms with van der Waals surface area (Å²) in [6, 6.07) is 6.39. The van der Waals surface area contributed by atoms with Crippen molar-refractivity contribution in [3.63, 3.8) is 0 Å². The van der Waals surface area contributed by atoms with Gasteiger partial charge in [0.25, 0.3) is 0 Å². The Morgan fingerprint density at radius 1 is 1.19 bits per heavy atom. The molecule has 0 N–H and O–H groups in total. The number of rotatable bonds is 4. The second-order valence-corrected chi connectivity index (χ2v) is 8.09. The molecule has 0 bridgehead atoms. The van der Waals surface area contributed by atoms with Crippen molar-refractivity contribution in [1.82, 2.24) is 15.0 Å². The summed E-state index contributed by atoms with van der Waals surface area (Å²) in [5.74, 6) is 0.893. The molecule has 6 heteroatoms. The molecule has 2 aromatic heterocycles. The first kappa shape index (κ1) is 15.2. The van der Waals surface area contributed by atoms with Gasteiger partial charge in [0.15, 0.2) is 0 Å². The molecule has 3 heterocycles. The van der Waals surface area contributed by atoms with Crippen LogP contribution < -0.4 is 0 Å². The largest absolute Gasteiger partial charge is 0.361 e. The molecule has 1 saturated heterocycles. The minimum atomic E-state index is 0.893. The van der Waals surface area contributed by atoms with Crippen molar-refractivity contribution >= 4 is 27.3 Å². The van der Waals surface area contributed by atoms with Crippen LogP contribution in [0.4, 0.5) is 0 Å². The number of nitrogens with zero attached hydrogens (tertiary/aromatic N) is 3. The van der Waals surface area contributed by atoms with Crippen LogP contribution in [0.5, 0.6) is 0 Å². The number of aryl methyl sites for hydroxylation is 1. The van der Waals surface area contributed by atoms with Gasteiger partial charge in [0.1, 0.15) is 5.76 Å².